The highest BCUT2D eigenvalue weighted by molar-refractivity contribution is 6.30. The summed E-state index contributed by atoms with van der Waals surface area (Å²) in [7, 11) is 0. The minimum atomic E-state index is 0.199. The molecule has 0 saturated carbocycles. The van der Waals surface area contributed by atoms with Crippen molar-refractivity contribution in [3.63, 3.8) is 0 Å². The van der Waals surface area contributed by atoms with Crippen LogP contribution in [0.2, 0.25) is 5.02 Å². The number of carbonyl (C=O) groups excluding carboxylic acids is 1. The van der Waals surface area contributed by atoms with E-state index in [0.717, 1.165) is 43.1 Å². The van der Waals surface area contributed by atoms with Gasteiger partial charge in [0.15, 0.2) is 0 Å². The Kier molecular flexibility index (Phi) is 6.56. The summed E-state index contributed by atoms with van der Waals surface area (Å²) in [6.07, 6.45) is 7.61. The smallest absolute Gasteiger partial charge is 0.227 e. The fraction of sp³-hybridized carbons (Fsp3) is 0.480. The Labute approximate surface area is 179 Å². The number of rotatable bonds is 6. The van der Waals surface area contributed by atoms with Crippen molar-refractivity contribution in [3.05, 3.63) is 70.7 Å². The van der Waals surface area contributed by atoms with Gasteiger partial charge in [0.1, 0.15) is 0 Å². The summed E-state index contributed by atoms with van der Waals surface area (Å²) in [5.41, 5.74) is 2.67. The number of carbonyl (C=O) groups is 1. The molecule has 1 spiro atoms. The van der Waals surface area contributed by atoms with Crippen molar-refractivity contribution in [1.82, 2.24) is 9.80 Å². The van der Waals surface area contributed by atoms with Crippen molar-refractivity contribution in [2.75, 3.05) is 26.2 Å². The second-order valence-corrected chi connectivity index (χ2v) is 9.06. The van der Waals surface area contributed by atoms with Crippen LogP contribution in [0.25, 0.3) is 0 Å². The first kappa shape index (κ1) is 20.4. The minimum Gasteiger partial charge on any atom is -0.341 e. The fourth-order valence-electron chi connectivity index (χ4n) is 5.14. The van der Waals surface area contributed by atoms with Crippen LogP contribution in [-0.4, -0.2) is 47.4 Å². The van der Waals surface area contributed by atoms with Gasteiger partial charge in [0.05, 0.1) is 6.42 Å². The maximum absolute atomic E-state index is 13.0. The van der Waals surface area contributed by atoms with Crippen LogP contribution in [-0.2, 0) is 17.6 Å². The van der Waals surface area contributed by atoms with Crippen LogP contribution in [0.1, 0.15) is 43.2 Å². The lowest BCUT2D eigenvalue weighted by atomic mass is 9.86. The van der Waals surface area contributed by atoms with Crippen LogP contribution in [0.3, 0.4) is 0 Å². The van der Waals surface area contributed by atoms with Gasteiger partial charge in [-0.2, -0.15) is 0 Å². The van der Waals surface area contributed by atoms with Crippen LogP contribution in [0.15, 0.2) is 54.6 Å². The number of likely N-dealkylation sites (tertiary alicyclic amines) is 2. The van der Waals surface area contributed by atoms with E-state index in [-0.39, 0.29) is 11.4 Å². The first-order valence-corrected chi connectivity index (χ1v) is 11.3. The van der Waals surface area contributed by atoms with Crippen LogP contribution in [0, 0.1) is 0 Å². The summed E-state index contributed by atoms with van der Waals surface area (Å²) in [6, 6.07) is 18.4. The fourth-order valence-corrected chi connectivity index (χ4v) is 5.26. The SMILES string of the molecule is O=C(Cc1ccc(Cl)cc1)N1CCC[C@]2(CCCN2CCCc2ccccc2)C1. The van der Waals surface area contributed by atoms with Gasteiger partial charge >= 0.3 is 0 Å². The number of amides is 1. The van der Waals surface area contributed by atoms with Crippen LogP contribution < -0.4 is 0 Å². The van der Waals surface area contributed by atoms with Crippen molar-refractivity contribution in [3.8, 4) is 0 Å². The second-order valence-electron chi connectivity index (χ2n) is 8.63. The van der Waals surface area contributed by atoms with E-state index < -0.39 is 0 Å². The monoisotopic (exact) mass is 410 g/mol. The highest BCUT2D eigenvalue weighted by Crippen LogP contribution is 2.37. The maximum Gasteiger partial charge on any atom is 0.227 e. The third kappa shape index (κ3) is 5.02. The van der Waals surface area contributed by atoms with Gasteiger partial charge in [-0.3, -0.25) is 9.69 Å². The molecule has 154 valence electrons. The standard InChI is InChI=1S/C25H31ClN2O/c26-23-12-10-22(11-13-23)19-24(29)27-16-5-14-25(20-27)15-6-18-28(25)17-4-9-21-7-2-1-3-8-21/h1-3,7-8,10-13H,4-6,9,14-20H2/t25-/m0/s1. The van der Waals surface area contributed by atoms with E-state index >= 15 is 0 Å². The average Bonchev–Trinajstić information content (AvgIpc) is 3.12. The lowest BCUT2D eigenvalue weighted by Crippen LogP contribution is -2.57. The Morgan fingerprint density at radius 3 is 2.41 bits per heavy atom. The molecule has 3 nitrogen and oxygen atoms in total. The zero-order valence-corrected chi connectivity index (χ0v) is 17.9. The van der Waals surface area contributed by atoms with Crippen molar-refractivity contribution in [1.29, 1.82) is 0 Å². The summed E-state index contributed by atoms with van der Waals surface area (Å²) >= 11 is 5.97. The van der Waals surface area contributed by atoms with E-state index in [1.54, 1.807) is 0 Å². The van der Waals surface area contributed by atoms with Crippen molar-refractivity contribution >= 4 is 17.5 Å². The summed E-state index contributed by atoms with van der Waals surface area (Å²) in [5.74, 6) is 0.252. The highest BCUT2D eigenvalue weighted by atomic mass is 35.5. The molecule has 2 fully saturated rings. The van der Waals surface area contributed by atoms with E-state index in [4.69, 9.17) is 11.6 Å². The molecule has 2 aliphatic rings. The van der Waals surface area contributed by atoms with Crippen LogP contribution >= 0.6 is 11.6 Å². The minimum absolute atomic E-state index is 0.199. The first-order valence-electron chi connectivity index (χ1n) is 11.0. The Balaban J connectivity index is 1.35. The topological polar surface area (TPSA) is 23.6 Å². The number of hydrogen-bond donors (Lipinski definition) is 0. The normalized spacial score (nSPS) is 22.3. The zero-order chi connectivity index (χ0) is 20.1. The number of halogens is 1. The summed E-state index contributed by atoms with van der Waals surface area (Å²) < 4.78 is 0. The number of aryl methyl sites for hydroxylation is 1. The highest BCUT2D eigenvalue weighted by Gasteiger charge is 2.44. The van der Waals surface area contributed by atoms with E-state index in [1.807, 2.05) is 24.3 Å². The molecule has 4 heteroatoms. The lowest BCUT2D eigenvalue weighted by Gasteiger charge is -2.46. The van der Waals surface area contributed by atoms with Gasteiger partial charge in [-0.25, -0.2) is 0 Å². The van der Waals surface area contributed by atoms with Gasteiger partial charge in [-0.1, -0.05) is 54.1 Å². The Bertz CT molecular complexity index is 807. The van der Waals surface area contributed by atoms with Gasteiger partial charge in [-0.15, -0.1) is 0 Å². The summed E-state index contributed by atoms with van der Waals surface area (Å²) in [5, 5.41) is 0.718. The molecule has 2 aromatic carbocycles. The molecule has 2 aromatic rings. The molecule has 0 aromatic heterocycles. The van der Waals surface area contributed by atoms with Crippen molar-refractivity contribution in [2.45, 2.75) is 50.5 Å². The third-order valence-corrected chi connectivity index (χ3v) is 6.91. The molecule has 2 heterocycles. The van der Waals surface area contributed by atoms with Gasteiger partial charge in [0.25, 0.3) is 0 Å². The summed E-state index contributed by atoms with van der Waals surface area (Å²) in [4.78, 5) is 17.8. The number of benzene rings is 2. The predicted molar refractivity (Wildman–Crippen MR) is 119 cm³/mol. The Morgan fingerprint density at radius 2 is 1.66 bits per heavy atom. The molecular weight excluding hydrogens is 380 g/mol. The molecule has 29 heavy (non-hydrogen) atoms. The average molecular weight is 411 g/mol. The van der Waals surface area contributed by atoms with E-state index in [1.165, 1.54) is 37.8 Å². The zero-order valence-electron chi connectivity index (χ0n) is 17.2. The van der Waals surface area contributed by atoms with Gasteiger partial charge < -0.3 is 4.90 Å². The lowest BCUT2D eigenvalue weighted by molar-refractivity contribution is -0.134. The largest absolute Gasteiger partial charge is 0.341 e. The molecule has 2 saturated heterocycles. The first-order chi connectivity index (χ1) is 14.1. The van der Waals surface area contributed by atoms with E-state index in [0.29, 0.717) is 6.42 Å². The molecule has 0 N–H and O–H groups in total. The third-order valence-electron chi connectivity index (χ3n) is 6.65. The Hall–Kier alpha value is -1.84. The molecule has 1 atom stereocenters. The van der Waals surface area contributed by atoms with Crippen molar-refractivity contribution in [2.24, 2.45) is 0 Å². The molecule has 2 aliphatic heterocycles. The maximum atomic E-state index is 13.0. The van der Waals surface area contributed by atoms with E-state index in [9.17, 15) is 4.79 Å². The van der Waals surface area contributed by atoms with Gasteiger partial charge in [0, 0.05) is 23.7 Å². The van der Waals surface area contributed by atoms with Gasteiger partial charge in [-0.05, 0) is 74.9 Å². The molecular formula is C25H31ClN2O. The van der Waals surface area contributed by atoms with Crippen LogP contribution in [0.5, 0.6) is 0 Å². The number of hydrogen-bond acceptors (Lipinski definition) is 2. The molecule has 1 amide bonds. The second kappa shape index (κ2) is 9.32. The number of piperidine rings is 1. The predicted octanol–water partition coefficient (Wildman–Crippen LogP) is 4.97. The Morgan fingerprint density at radius 1 is 0.931 bits per heavy atom. The summed E-state index contributed by atoms with van der Waals surface area (Å²) in [6.45, 7) is 4.10. The molecule has 0 radical (unpaired) electrons. The molecule has 4 rings (SSSR count). The molecule has 0 bridgehead atoms. The molecule has 0 unspecified atom stereocenters. The van der Waals surface area contributed by atoms with Gasteiger partial charge in [0.2, 0.25) is 5.91 Å². The van der Waals surface area contributed by atoms with E-state index in [2.05, 4.69) is 40.1 Å². The molecule has 0 aliphatic carbocycles. The quantitative estimate of drug-likeness (QED) is 0.671. The van der Waals surface area contributed by atoms with Crippen LogP contribution in [0.4, 0.5) is 0 Å². The van der Waals surface area contributed by atoms with Crippen molar-refractivity contribution < 1.29 is 4.79 Å². The number of nitrogens with zero attached hydrogens (tertiary/aromatic N) is 2.